The van der Waals surface area contributed by atoms with Crippen molar-refractivity contribution in [3.8, 4) is 0 Å². The molecule has 0 aliphatic heterocycles. The molecule has 0 saturated heterocycles. The molecule has 0 bridgehead atoms. The standard InChI is InChI=1S/C15H14F3NO/c16-10-4-1-3-9(7-10)12(8-19)15(20)11-5-2-6-13(17)14(11)18/h1-7,12,15,20H,8,19H2. The van der Waals surface area contributed by atoms with E-state index in [4.69, 9.17) is 5.73 Å². The molecule has 0 aliphatic rings. The van der Waals surface area contributed by atoms with Crippen LogP contribution in [0.25, 0.3) is 0 Å². The van der Waals surface area contributed by atoms with E-state index in [0.29, 0.717) is 5.56 Å². The number of hydrogen-bond donors (Lipinski definition) is 2. The molecule has 2 nitrogen and oxygen atoms in total. The van der Waals surface area contributed by atoms with Crippen LogP contribution >= 0.6 is 0 Å². The fraction of sp³-hybridized carbons (Fsp3) is 0.200. The van der Waals surface area contributed by atoms with E-state index in [1.165, 1.54) is 30.3 Å². The summed E-state index contributed by atoms with van der Waals surface area (Å²) in [4.78, 5) is 0. The van der Waals surface area contributed by atoms with Gasteiger partial charge in [0.1, 0.15) is 5.82 Å². The van der Waals surface area contributed by atoms with Crippen LogP contribution in [0.1, 0.15) is 23.1 Å². The maximum absolute atomic E-state index is 13.7. The maximum Gasteiger partial charge on any atom is 0.164 e. The fourth-order valence-electron chi connectivity index (χ4n) is 2.15. The Kier molecular flexibility index (Phi) is 4.42. The lowest BCUT2D eigenvalue weighted by atomic mass is 9.89. The molecule has 0 heterocycles. The third kappa shape index (κ3) is 2.84. The van der Waals surface area contributed by atoms with Gasteiger partial charge in [-0.05, 0) is 23.8 Å². The van der Waals surface area contributed by atoms with Gasteiger partial charge in [-0.3, -0.25) is 0 Å². The molecule has 3 N–H and O–H groups in total. The largest absolute Gasteiger partial charge is 0.388 e. The van der Waals surface area contributed by atoms with E-state index in [1.54, 1.807) is 6.07 Å². The first-order valence-electron chi connectivity index (χ1n) is 6.12. The van der Waals surface area contributed by atoms with E-state index in [2.05, 4.69) is 0 Å². The third-order valence-electron chi connectivity index (χ3n) is 3.21. The molecule has 0 aromatic heterocycles. The first kappa shape index (κ1) is 14.6. The maximum atomic E-state index is 13.7. The van der Waals surface area contributed by atoms with Gasteiger partial charge in [-0.15, -0.1) is 0 Å². The summed E-state index contributed by atoms with van der Waals surface area (Å²) in [5.41, 5.74) is 5.83. The molecule has 0 spiro atoms. The monoisotopic (exact) mass is 281 g/mol. The Morgan fingerprint density at radius 1 is 1.05 bits per heavy atom. The number of aliphatic hydroxyl groups is 1. The highest BCUT2D eigenvalue weighted by atomic mass is 19.2. The molecule has 0 amide bonds. The van der Waals surface area contributed by atoms with Crippen molar-refractivity contribution in [2.24, 2.45) is 5.73 Å². The number of rotatable bonds is 4. The summed E-state index contributed by atoms with van der Waals surface area (Å²) in [6, 6.07) is 9.08. The zero-order valence-corrected chi connectivity index (χ0v) is 10.6. The van der Waals surface area contributed by atoms with E-state index in [1.807, 2.05) is 0 Å². The second-order valence-corrected chi connectivity index (χ2v) is 4.49. The molecule has 0 radical (unpaired) electrons. The average Bonchev–Trinajstić information content (AvgIpc) is 2.42. The van der Waals surface area contributed by atoms with Crippen LogP contribution in [0.4, 0.5) is 13.2 Å². The third-order valence-corrected chi connectivity index (χ3v) is 3.21. The normalized spacial score (nSPS) is 14.1. The fourth-order valence-corrected chi connectivity index (χ4v) is 2.15. The minimum absolute atomic E-state index is 0.0272. The Morgan fingerprint density at radius 3 is 2.40 bits per heavy atom. The Morgan fingerprint density at radius 2 is 1.75 bits per heavy atom. The summed E-state index contributed by atoms with van der Waals surface area (Å²) >= 11 is 0. The number of aliphatic hydroxyl groups excluding tert-OH is 1. The topological polar surface area (TPSA) is 46.2 Å². The molecule has 106 valence electrons. The van der Waals surface area contributed by atoms with Gasteiger partial charge in [0.2, 0.25) is 0 Å². The summed E-state index contributed by atoms with van der Waals surface area (Å²) in [7, 11) is 0. The van der Waals surface area contributed by atoms with Crippen LogP contribution in [0.5, 0.6) is 0 Å². The summed E-state index contributed by atoms with van der Waals surface area (Å²) in [6.45, 7) is -0.0272. The van der Waals surface area contributed by atoms with Crippen LogP contribution < -0.4 is 5.73 Å². The Hall–Kier alpha value is -1.85. The highest BCUT2D eigenvalue weighted by molar-refractivity contribution is 5.29. The quantitative estimate of drug-likeness (QED) is 0.905. The van der Waals surface area contributed by atoms with E-state index < -0.39 is 29.5 Å². The molecule has 5 heteroatoms. The van der Waals surface area contributed by atoms with Gasteiger partial charge in [-0.2, -0.15) is 0 Å². The molecule has 2 aromatic rings. The summed E-state index contributed by atoms with van der Waals surface area (Å²) in [5, 5.41) is 10.2. The molecular weight excluding hydrogens is 267 g/mol. The van der Waals surface area contributed by atoms with Gasteiger partial charge in [-0.1, -0.05) is 24.3 Å². The van der Waals surface area contributed by atoms with E-state index in [-0.39, 0.29) is 12.1 Å². The number of halogens is 3. The van der Waals surface area contributed by atoms with Crippen molar-refractivity contribution in [2.75, 3.05) is 6.54 Å². The number of nitrogens with two attached hydrogens (primary N) is 1. The molecular formula is C15H14F3NO. The molecule has 0 saturated carbocycles. The average molecular weight is 281 g/mol. The van der Waals surface area contributed by atoms with E-state index >= 15 is 0 Å². The van der Waals surface area contributed by atoms with Crippen molar-refractivity contribution >= 4 is 0 Å². The zero-order valence-electron chi connectivity index (χ0n) is 10.6. The van der Waals surface area contributed by atoms with Crippen LogP contribution in [-0.2, 0) is 0 Å². The molecule has 0 fully saturated rings. The van der Waals surface area contributed by atoms with Gasteiger partial charge in [0.25, 0.3) is 0 Å². The number of hydrogen-bond acceptors (Lipinski definition) is 2. The Bertz CT molecular complexity index is 603. The second-order valence-electron chi connectivity index (χ2n) is 4.49. The zero-order chi connectivity index (χ0) is 14.7. The van der Waals surface area contributed by atoms with Gasteiger partial charge < -0.3 is 10.8 Å². The van der Waals surface area contributed by atoms with Crippen LogP contribution in [0, 0.1) is 17.5 Å². The summed E-state index contributed by atoms with van der Waals surface area (Å²) in [5.74, 6) is -3.36. The predicted octanol–water partition coefficient (Wildman–Crippen LogP) is 2.88. The summed E-state index contributed by atoms with van der Waals surface area (Å²) in [6.07, 6.45) is -1.35. The highest BCUT2D eigenvalue weighted by Crippen LogP contribution is 2.32. The van der Waals surface area contributed by atoms with Crippen LogP contribution in [-0.4, -0.2) is 11.7 Å². The SMILES string of the molecule is NCC(c1cccc(F)c1)C(O)c1cccc(F)c1F. The highest BCUT2D eigenvalue weighted by Gasteiger charge is 2.25. The first-order valence-corrected chi connectivity index (χ1v) is 6.12. The smallest absolute Gasteiger partial charge is 0.164 e. The van der Waals surface area contributed by atoms with Crippen LogP contribution in [0.3, 0.4) is 0 Å². The van der Waals surface area contributed by atoms with E-state index in [0.717, 1.165) is 6.07 Å². The molecule has 20 heavy (non-hydrogen) atoms. The summed E-state index contributed by atoms with van der Waals surface area (Å²) < 4.78 is 40.1. The van der Waals surface area contributed by atoms with Gasteiger partial charge in [-0.25, -0.2) is 13.2 Å². The van der Waals surface area contributed by atoms with Gasteiger partial charge in [0.15, 0.2) is 11.6 Å². The minimum Gasteiger partial charge on any atom is -0.388 e. The lowest BCUT2D eigenvalue weighted by molar-refractivity contribution is 0.142. The lowest BCUT2D eigenvalue weighted by Crippen LogP contribution is -2.21. The Labute approximate surface area is 114 Å². The van der Waals surface area contributed by atoms with E-state index in [9.17, 15) is 18.3 Å². The van der Waals surface area contributed by atoms with Crippen molar-refractivity contribution in [2.45, 2.75) is 12.0 Å². The predicted molar refractivity (Wildman–Crippen MR) is 69.5 cm³/mol. The van der Waals surface area contributed by atoms with Crippen molar-refractivity contribution in [3.63, 3.8) is 0 Å². The molecule has 2 aromatic carbocycles. The first-order chi connectivity index (χ1) is 9.54. The van der Waals surface area contributed by atoms with Crippen LogP contribution in [0.2, 0.25) is 0 Å². The molecule has 2 atom stereocenters. The van der Waals surface area contributed by atoms with Crippen molar-refractivity contribution in [1.82, 2.24) is 0 Å². The van der Waals surface area contributed by atoms with Gasteiger partial charge in [0.05, 0.1) is 6.10 Å². The van der Waals surface area contributed by atoms with Crippen molar-refractivity contribution in [1.29, 1.82) is 0 Å². The van der Waals surface area contributed by atoms with Crippen LogP contribution in [0.15, 0.2) is 42.5 Å². The minimum atomic E-state index is -1.35. The lowest BCUT2D eigenvalue weighted by Gasteiger charge is -2.22. The van der Waals surface area contributed by atoms with Gasteiger partial charge in [0, 0.05) is 18.0 Å². The molecule has 2 rings (SSSR count). The molecule has 0 aliphatic carbocycles. The Balaban J connectivity index is 2.39. The molecule has 2 unspecified atom stereocenters. The van der Waals surface area contributed by atoms with Crippen molar-refractivity contribution in [3.05, 3.63) is 71.0 Å². The number of benzene rings is 2. The second kappa shape index (κ2) is 6.07. The van der Waals surface area contributed by atoms with Crippen molar-refractivity contribution < 1.29 is 18.3 Å². The van der Waals surface area contributed by atoms with Gasteiger partial charge >= 0.3 is 0 Å².